The van der Waals surface area contributed by atoms with E-state index in [0.29, 0.717) is 12.8 Å². The van der Waals surface area contributed by atoms with Gasteiger partial charge in [-0.25, -0.2) is 0 Å². The van der Waals surface area contributed by atoms with E-state index in [-0.39, 0.29) is 12.9 Å². The molecule has 0 spiro atoms. The smallest absolute Gasteiger partial charge is 0.303 e. The predicted octanol–water partition coefficient (Wildman–Crippen LogP) is 8.20. The SMILES string of the molecule is CC(O)CO.CCCCCCCCC=CCCCCCCCC(=O)O.CCCCCCCCC=CCCCCCCCC(=O)O.O=C[C@H](O)[C@@H](O)[C@H](O)[C@H](O)CO. The number of carboxylic acids is 2. The number of aliphatic hydroxyl groups excluding tert-OH is 7. The van der Waals surface area contributed by atoms with Crippen molar-refractivity contribution in [1.29, 1.82) is 0 Å². The fraction of sp³-hybridized carbons (Fsp3) is 0.844. The number of hydrogen-bond acceptors (Lipinski definition) is 10. The van der Waals surface area contributed by atoms with Crippen molar-refractivity contribution >= 4 is 18.2 Å². The highest BCUT2D eigenvalue weighted by Crippen LogP contribution is 2.11. The molecule has 9 N–H and O–H groups in total. The summed E-state index contributed by atoms with van der Waals surface area (Å²) in [7, 11) is 0. The lowest BCUT2D eigenvalue weighted by molar-refractivity contribution is -0.138. The van der Waals surface area contributed by atoms with Gasteiger partial charge in [-0.15, -0.1) is 0 Å². The van der Waals surface area contributed by atoms with Crippen molar-refractivity contribution < 1.29 is 60.3 Å². The van der Waals surface area contributed by atoms with Gasteiger partial charge < -0.3 is 50.8 Å². The minimum absolute atomic E-state index is 0.0258. The van der Waals surface area contributed by atoms with Crippen LogP contribution < -0.4 is 0 Å². The van der Waals surface area contributed by atoms with Crippen LogP contribution in [0.15, 0.2) is 24.3 Å². The van der Waals surface area contributed by atoms with Crippen molar-refractivity contribution in [1.82, 2.24) is 0 Å². The van der Waals surface area contributed by atoms with E-state index in [9.17, 15) is 14.4 Å². The lowest BCUT2D eigenvalue weighted by atomic mass is 10.0. The Morgan fingerprint density at radius 2 is 0.737 bits per heavy atom. The van der Waals surface area contributed by atoms with Crippen molar-refractivity contribution in [2.75, 3.05) is 13.2 Å². The van der Waals surface area contributed by atoms with Gasteiger partial charge in [0.1, 0.15) is 24.4 Å². The van der Waals surface area contributed by atoms with Crippen LogP contribution in [0.4, 0.5) is 0 Å². The Labute approximate surface area is 346 Å². The van der Waals surface area contributed by atoms with Crippen LogP contribution in [0.25, 0.3) is 0 Å². The number of aldehydes is 1. The Morgan fingerprint density at radius 3 is 0.982 bits per heavy atom. The van der Waals surface area contributed by atoms with E-state index in [1.165, 1.54) is 148 Å². The van der Waals surface area contributed by atoms with Gasteiger partial charge in [0.2, 0.25) is 0 Å². The lowest BCUT2D eigenvalue weighted by Gasteiger charge is -2.22. The van der Waals surface area contributed by atoms with Crippen molar-refractivity contribution in [3.63, 3.8) is 0 Å². The number of carbonyl (C=O) groups excluding carboxylic acids is 1. The number of carbonyl (C=O) groups is 3. The first-order valence-corrected chi connectivity index (χ1v) is 22.2. The average Bonchev–Trinajstić information content (AvgIpc) is 3.20. The molecular formula is C45H88O12. The van der Waals surface area contributed by atoms with E-state index < -0.39 is 49.1 Å². The molecule has 0 saturated carbocycles. The number of allylic oxidation sites excluding steroid dienone is 4. The maximum atomic E-state index is 10.3. The molecule has 5 atom stereocenters. The first-order chi connectivity index (χ1) is 27.4. The zero-order chi connectivity index (χ0) is 43.8. The van der Waals surface area contributed by atoms with Crippen LogP contribution in [0.3, 0.4) is 0 Å². The van der Waals surface area contributed by atoms with Crippen molar-refractivity contribution in [3.05, 3.63) is 24.3 Å². The molecule has 0 rings (SSSR count). The lowest BCUT2D eigenvalue weighted by Crippen LogP contribution is -2.46. The average molecular weight is 821 g/mol. The van der Waals surface area contributed by atoms with E-state index in [4.69, 9.17) is 46.0 Å². The summed E-state index contributed by atoms with van der Waals surface area (Å²) in [5, 5.41) is 76.6. The van der Waals surface area contributed by atoms with E-state index in [1.807, 2.05) is 0 Å². The molecule has 1 unspecified atom stereocenters. The number of carboxylic acid groups (broad SMARTS) is 2. The van der Waals surface area contributed by atoms with Gasteiger partial charge in [0.05, 0.1) is 19.3 Å². The third-order valence-corrected chi connectivity index (χ3v) is 8.99. The van der Waals surface area contributed by atoms with Crippen LogP contribution in [0.2, 0.25) is 0 Å². The molecule has 0 radical (unpaired) electrons. The zero-order valence-corrected chi connectivity index (χ0v) is 36.2. The van der Waals surface area contributed by atoms with E-state index in [1.54, 1.807) is 0 Å². The quantitative estimate of drug-likeness (QED) is 0.0165. The minimum Gasteiger partial charge on any atom is -0.481 e. The van der Waals surface area contributed by atoms with E-state index in [0.717, 1.165) is 25.7 Å². The normalized spacial score (nSPS) is 13.6. The second kappa shape index (κ2) is 51.8. The number of aliphatic carboxylic acids is 2. The van der Waals surface area contributed by atoms with Gasteiger partial charge in [-0.1, -0.05) is 141 Å². The molecule has 0 fully saturated rings. The third kappa shape index (κ3) is 58.2. The number of rotatable bonds is 36. The Kier molecular flexibility index (Phi) is 55.9. The molecule has 0 aromatic carbocycles. The summed E-state index contributed by atoms with van der Waals surface area (Å²) in [6.45, 7) is 5.15. The van der Waals surface area contributed by atoms with Crippen LogP contribution in [0.1, 0.15) is 201 Å². The standard InChI is InChI=1S/2C18H34O2.C6H12O6.C3H8O2/c2*1-2-3-4-5-6-7-8-9-10-11-12-13-14-15-16-17-18(19)20;7-1-3(9)5(11)6(12)4(10)2-8;1-3(5)2-4/h2*9-10H,2-8,11-17H2,1H3,(H,19,20);1,3-6,8-12H,2H2;3-5H,2H2,1H3/t;;3-,4+,5+,6+;/m..0./s1. The molecule has 0 aliphatic heterocycles. The molecule has 12 nitrogen and oxygen atoms in total. The molecule has 0 bridgehead atoms. The fourth-order valence-corrected chi connectivity index (χ4v) is 5.31. The topological polar surface area (TPSA) is 233 Å². The summed E-state index contributed by atoms with van der Waals surface area (Å²) in [5.41, 5.74) is 0. The minimum atomic E-state index is -1.79. The number of unbranched alkanes of at least 4 members (excludes halogenated alkanes) is 22. The Bertz CT molecular complexity index is 830. The molecule has 0 saturated heterocycles. The van der Waals surface area contributed by atoms with Crippen LogP contribution >= 0.6 is 0 Å². The maximum absolute atomic E-state index is 10.3. The molecule has 0 heterocycles. The second-order valence-electron chi connectivity index (χ2n) is 14.8. The van der Waals surface area contributed by atoms with Gasteiger partial charge in [0.25, 0.3) is 0 Å². The van der Waals surface area contributed by atoms with Gasteiger partial charge in [0, 0.05) is 12.8 Å². The molecule has 57 heavy (non-hydrogen) atoms. The summed E-state index contributed by atoms with van der Waals surface area (Å²) in [6, 6.07) is 0. The second-order valence-corrected chi connectivity index (χ2v) is 14.8. The Hall–Kier alpha value is -2.19. The molecular weight excluding hydrogens is 732 g/mol. The summed E-state index contributed by atoms with van der Waals surface area (Å²) in [5.74, 6) is -1.33. The van der Waals surface area contributed by atoms with Crippen LogP contribution in [-0.2, 0) is 14.4 Å². The van der Waals surface area contributed by atoms with Crippen molar-refractivity contribution in [2.45, 2.75) is 231 Å². The molecule has 0 aromatic rings. The van der Waals surface area contributed by atoms with Gasteiger partial charge in [-0.2, -0.15) is 0 Å². The molecule has 0 aliphatic rings. The zero-order valence-electron chi connectivity index (χ0n) is 36.2. The third-order valence-electron chi connectivity index (χ3n) is 8.99. The largest absolute Gasteiger partial charge is 0.481 e. The van der Waals surface area contributed by atoms with Crippen LogP contribution in [-0.4, -0.2) is 108 Å². The first kappa shape index (κ1) is 61.5. The summed E-state index contributed by atoms with van der Waals surface area (Å²) >= 11 is 0. The highest BCUT2D eigenvalue weighted by molar-refractivity contribution is 5.66. The van der Waals surface area contributed by atoms with E-state index in [2.05, 4.69) is 38.2 Å². The molecule has 0 aromatic heterocycles. The summed E-state index contributed by atoms with van der Waals surface area (Å²) in [6.07, 6.45) is 35.1. The van der Waals surface area contributed by atoms with Crippen molar-refractivity contribution in [3.8, 4) is 0 Å². The van der Waals surface area contributed by atoms with Crippen LogP contribution in [0, 0.1) is 0 Å². The summed E-state index contributed by atoms with van der Waals surface area (Å²) in [4.78, 5) is 30.5. The highest BCUT2D eigenvalue weighted by atomic mass is 16.4. The van der Waals surface area contributed by atoms with Gasteiger partial charge in [-0.3, -0.25) is 9.59 Å². The predicted molar refractivity (Wildman–Crippen MR) is 230 cm³/mol. The Morgan fingerprint density at radius 1 is 0.456 bits per heavy atom. The Balaban J connectivity index is -0.000000357. The molecule has 340 valence electrons. The monoisotopic (exact) mass is 821 g/mol. The van der Waals surface area contributed by atoms with Crippen LogP contribution in [0.5, 0.6) is 0 Å². The molecule has 12 heteroatoms. The van der Waals surface area contributed by atoms with E-state index >= 15 is 0 Å². The van der Waals surface area contributed by atoms with Gasteiger partial charge in [-0.05, 0) is 71.1 Å². The molecule has 0 amide bonds. The van der Waals surface area contributed by atoms with Gasteiger partial charge in [0.15, 0.2) is 6.29 Å². The fourth-order valence-electron chi connectivity index (χ4n) is 5.31. The molecule has 0 aliphatic carbocycles. The number of aliphatic hydroxyl groups is 7. The maximum Gasteiger partial charge on any atom is 0.303 e. The highest BCUT2D eigenvalue weighted by Gasteiger charge is 2.29. The van der Waals surface area contributed by atoms with Crippen molar-refractivity contribution in [2.24, 2.45) is 0 Å². The number of hydrogen-bond donors (Lipinski definition) is 9. The summed E-state index contributed by atoms with van der Waals surface area (Å²) < 4.78 is 0. The van der Waals surface area contributed by atoms with Gasteiger partial charge >= 0.3 is 11.9 Å². The first-order valence-electron chi connectivity index (χ1n) is 22.2.